The molecule has 2 aliphatic rings. The van der Waals surface area contributed by atoms with Gasteiger partial charge in [-0.1, -0.05) is 25.7 Å². The van der Waals surface area contributed by atoms with Crippen LogP contribution in [0.5, 0.6) is 0 Å². The van der Waals surface area contributed by atoms with Gasteiger partial charge in [-0.05, 0) is 38.5 Å². The summed E-state index contributed by atoms with van der Waals surface area (Å²) in [4.78, 5) is 37.5. The maximum atomic E-state index is 11.9. The fraction of sp³-hybridized carbons (Fsp3) is 0.850. The van der Waals surface area contributed by atoms with E-state index < -0.39 is 0 Å². The van der Waals surface area contributed by atoms with Crippen LogP contribution in [-0.4, -0.2) is 55.0 Å². The van der Waals surface area contributed by atoms with Crippen LogP contribution in [0, 0.1) is 0 Å². The molecule has 1 saturated carbocycles. The van der Waals surface area contributed by atoms with Gasteiger partial charge in [-0.25, -0.2) is 4.79 Å². The number of urea groups is 1. The average Bonchev–Trinajstić information content (AvgIpc) is 2.87. The summed E-state index contributed by atoms with van der Waals surface area (Å²) >= 11 is 0. The highest BCUT2D eigenvalue weighted by atomic mass is 16.2. The zero-order valence-corrected chi connectivity index (χ0v) is 16.6. The predicted molar refractivity (Wildman–Crippen MR) is 105 cm³/mol. The Morgan fingerprint density at radius 1 is 0.926 bits per heavy atom. The first-order valence-electron chi connectivity index (χ1n) is 10.7. The minimum atomic E-state index is -0.121. The Balaban J connectivity index is 1.45. The quantitative estimate of drug-likeness (QED) is 0.536. The third-order valence-corrected chi connectivity index (χ3v) is 5.40. The number of likely N-dealkylation sites (tertiary alicyclic amines) is 1. The van der Waals surface area contributed by atoms with Crippen LogP contribution < -0.4 is 16.0 Å². The van der Waals surface area contributed by atoms with Crippen LogP contribution in [0.15, 0.2) is 0 Å². The van der Waals surface area contributed by atoms with E-state index in [1.165, 1.54) is 19.3 Å². The van der Waals surface area contributed by atoms with Gasteiger partial charge in [0, 0.05) is 45.1 Å². The van der Waals surface area contributed by atoms with Gasteiger partial charge in [0.2, 0.25) is 11.8 Å². The second kappa shape index (κ2) is 12.6. The number of hydrogen-bond donors (Lipinski definition) is 3. The zero-order valence-electron chi connectivity index (χ0n) is 16.6. The molecule has 0 unspecified atom stereocenters. The van der Waals surface area contributed by atoms with Gasteiger partial charge in [-0.3, -0.25) is 9.59 Å². The van der Waals surface area contributed by atoms with Crippen LogP contribution in [0.3, 0.4) is 0 Å². The van der Waals surface area contributed by atoms with Gasteiger partial charge < -0.3 is 20.9 Å². The number of carbonyl (C=O) groups is 3. The minimum absolute atomic E-state index is 0.00619. The van der Waals surface area contributed by atoms with Crippen molar-refractivity contribution in [2.24, 2.45) is 0 Å². The summed E-state index contributed by atoms with van der Waals surface area (Å²) in [6, 6.07) is 0.183. The lowest BCUT2D eigenvalue weighted by Crippen LogP contribution is -2.43. The first-order chi connectivity index (χ1) is 13.1. The fourth-order valence-corrected chi connectivity index (χ4v) is 3.80. The second-order valence-electron chi connectivity index (χ2n) is 7.73. The topological polar surface area (TPSA) is 90.5 Å². The minimum Gasteiger partial charge on any atom is -0.356 e. The summed E-state index contributed by atoms with van der Waals surface area (Å²) in [6.07, 6.45) is 11.5. The van der Waals surface area contributed by atoms with Crippen molar-refractivity contribution in [3.05, 3.63) is 0 Å². The van der Waals surface area contributed by atoms with Crippen molar-refractivity contribution in [3.8, 4) is 0 Å². The van der Waals surface area contributed by atoms with Gasteiger partial charge in [-0.2, -0.15) is 0 Å². The van der Waals surface area contributed by atoms with Gasteiger partial charge in [0.25, 0.3) is 0 Å². The van der Waals surface area contributed by atoms with Crippen molar-refractivity contribution >= 4 is 17.8 Å². The Bertz CT molecular complexity index is 478. The molecule has 1 aliphatic carbocycles. The molecule has 4 amide bonds. The average molecular weight is 381 g/mol. The number of amides is 4. The Kier molecular flexibility index (Phi) is 10.0. The molecule has 0 radical (unpaired) electrons. The first-order valence-corrected chi connectivity index (χ1v) is 10.7. The van der Waals surface area contributed by atoms with Gasteiger partial charge in [0.1, 0.15) is 0 Å². The molecule has 7 nitrogen and oxygen atoms in total. The van der Waals surface area contributed by atoms with Gasteiger partial charge in [0.05, 0.1) is 0 Å². The Morgan fingerprint density at radius 3 is 2.48 bits per heavy atom. The summed E-state index contributed by atoms with van der Waals surface area (Å²) in [7, 11) is 0. The highest BCUT2D eigenvalue weighted by Crippen LogP contribution is 2.17. The molecule has 0 aromatic heterocycles. The summed E-state index contributed by atoms with van der Waals surface area (Å²) < 4.78 is 0. The van der Waals surface area contributed by atoms with Crippen LogP contribution in [0.1, 0.15) is 77.0 Å². The summed E-state index contributed by atoms with van der Waals surface area (Å²) in [5.74, 6) is 0.253. The van der Waals surface area contributed by atoms with Gasteiger partial charge in [0.15, 0.2) is 0 Å². The molecule has 27 heavy (non-hydrogen) atoms. The maximum absolute atomic E-state index is 11.9. The predicted octanol–water partition coefficient (Wildman–Crippen LogP) is 2.31. The lowest BCUT2D eigenvalue weighted by Gasteiger charge is -2.22. The Morgan fingerprint density at radius 2 is 1.67 bits per heavy atom. The molecule has 3 N–H and O–H groups in total. The standard InChI is InChI=1S/C20H36N4O3/c25-18(21-14-8-16-24-15-6-2-5-12-19(24)26)11-7-13-22-20(27)23-17-9-3-1-4-10-17/h17H,1-16H2,(H,21,25)(H2,22,23,27). The van der Waals surface area contributed by atoms with Crippen LogP contribution in [-0.2, 0) is 9.59 Å². The summed E-state index contributed by atoms with van der Waals surface area (Å²) in [6.45, 7) is 2.68. The van der Waals surface area contributed by atoms with E-state index in [9.17, 15) is 14.4 Å². The monoisotopic (exact) mass is 380 g/mol. The van der Waals surface area contributed by atoms with E-state index in [0.29, 0.717) is 38.4 Å². The maximum Gasteiger partial charge on any atom is 0.315 e. The van der Waals surface area contributed by atoms with E-state index in [0.717, 1.165) is 51.6 Å². The molecular weight excluding hydrogens is 344 g/mol. The van der Waals surface area contributed by atoms with E-state index >= 15 is 0 Å². The number of rotatable bonds is 9. The molecule has 154 valence electrons. The zero-order chi connectivity index (χ0) is 19.3. The van der Waals surface area contributed by atoms with Crippen molar-refractivity contribution in [1.29, 1.82) is 0 Å². The van der Waals surface area contributed by atoms with E-state index in [4.69, 9.17) is 0 Å². The van der Waals surface area contributed by atoms with Crippen LogP contribution in [0.2, 0.25) is 0 Å². The van der Waals surface area contributed by atoms with Crippen molar-refractivity contribution in [2.75, 3.05) is 26.2 Å². The van der Waals surface area contributed by atoms with Crippen LogP contribution in [0.4, 0.5) is 4.79 Å². The number of nitrogens with one attached hydrogen (secondary N) is 3. The summed E-state index contributed by atoms with van der Waals surface area (Å²) in [5, 5.41) is 8.74. The van der Waals surface area contributed by atoms with Crippen molar-refractivity contribution in [2.45, 2.75) is 83.1 Å². The summed E-state index contributed by atoms with van der Waals surface area (Å²) in [5.41, 5.74) is 0. The van der Waals surface area contributed by atoms with E-state index in [1.54, 1.807) is 0 Å². The highest BCUT2D eigenvalue weighted by molar-refractivity contribution is 5.77. The van der Waals surface area contributed by atoms with E-state index in [2.05, 4.69) is 16.0 Å². The fourth-order valence-electron chi connectivity index (χ4n) is 3.80. The smallest absolute Gasteiger partial charge is 0.315 e. The van der Waals surface area contributed by atoms with E-state index in [-0.39, 0.29) is 17.8 Å². The Labute approximate surface area is 163 Å². The molecule has 7 heteroatoms. The Hall–Kier alpha value is -1.79. The van der Waals surface area contributed by atoms with Gasteiger partial charge in [-0.15, -0.1) is 0 Å². The normalized spacial score (nSPS) is 18.7. The van der Waals surface area contributed by atoms with Crippen molar-refractivity contribution in [1.82, 2.24) is 20.9 Å². The van der Waals surface area contributed by atoms with Gasteiger partial charge >= 0.3 is 6.03 Å². The highest BCUT2D eigenvalue weighted by Gasteiger charge is 2.16. The lowest BCUT2D eigenvalue weighted by atomic mass is 9.96. The molecular formula is C20H36N4O3. The number of carbonyl (C=O) groups excluding carboxylic acids is 3. The third kappa shape index (κ3) is 9.11. The molecule has 2 fully saturated rings. The second-order valence-corrected chi connectivity index (χ2v) is 7.73. The van der Waals surface area contributed by atoms with Crippen LogP contribution in [0.25, 0.3) is 0 Å². The molecule has 0 aromatic rings. The van der Waals surface area contributed by atoms with Crippen LogP contribution >= 0.6 is 0 Å². The molecule has 0 atom stereocenters. The number of hydrogen-bond acceptors (Lipinski definition) is 3. The first kappa shape index (κ1) is 21.5. The van der Waals surface area contributed by atoms with Crippen molar-refractivity contribution in [3.63, 3.8) is 0 Å². The molecule has 1 saturated heterocycles. The van der Waals surface area contributed by atoms with Crippen molar-refractivity contribution < 1.29 is 14.4 Å². The van der Waals surface area contributed by atoms with E-state index in [1.807, 2.05) is 4.90 Å². The molecule has 1 heterocycles. The molecule has 0 bridgehead atoms. The molecule has 0 aromatic carbocycles. The third-order valence-electron chi connectivity index (χ3n) is 5.40. The molecule has 0 spiro atoms. The lowest BCUT2D eigenvalue weighted by molar-refractivity contribution is -0.130. The largest absolute Gasteiger partial charge is 0.356 e. The molecule has 1 aliphatic heterocycles. The SMILES string of the molecule is O=C(CCCNC(=O)NC1CCCCC1)NCCCN1CCCCCC1=O. The number of nitrogens with zero attached hydrogens (tertiary/aromatic N) is 1. The molecule has 2 rings (SSSR count).